The van der Waals surface area contributed by atoms with Crippen molar-refractivity contribution in [1.82, 2.24) is 9.88 Å². The van der Waals surface area contributed by atoms with Crippen LogP contribution in [-0.4, -0.2) is 41.2 Å². The second-order valence-corrected chi connectivity index (χ2v) is 8.41. The first-order valence-corrected chi connectivity index (χ1v) is 11.2. The number of halogens is 2. The zero-order chi connectivity index (χ0) is 23.1. The summed E-state index contributed by atoms with van der Waals surface area (Å²) < 4.78 is 6.83. The number of allylic oxidation sites excluding steroid dienone is 2. The Bertz CT molecular complexity index is 1050. The van der Waals surface area contributed by atoms with Crippen molar-refractivity contribution in [2.45, 2.75) is 31.8 Å². The Morgan fingerprint density at radius 3 is 2.59 bits per heavy atom. The van der Waals surface area contributed by atoms with Crippen LogP contribution in [0.1, 0.15) is 36.9 Å². The summed E-state index contributed by atoms with van der Waals surface area (Å²) in [5, 5.41) is 14.2. The third kappa shape index (κ3) is 6.33. The van der Waals surface area contributed by atoms with E-state index in [1.165, 1.54) is 10.6 Å². The number of aromatic nitrogens is 1. The number of aliphatic hydroxyl groups excluding tert-OH is 1. The number of hydrogen-bond donors (Lipinski definition) is 2. The lowest BCUT2D eigenvalue weighted by Crippen LogP contribution is -2.33. The molecule has 1 aromatic heterocycles. The fourth-order valence-corrected chi connectivity index (χ4v) is 4.18. The molecule has 6 nitrogen and oxygen atoms in total. The summed E-state index contributed by atoms with van der Waals surface area (Å²) in [7, 11) is 0. The SMILES string of the molecule is C=C(N=C(/C=C\C)c1ccn(C(CO)c2cc(Cl)cc(Cl)c2)c(=O)c1)NC1CCOCC1. The highest BCUT2D eigenvalue weighted by Gasteiger charge is 2.17. The molecular formula is C24H27Cl2N3O3. The van der Waals surface area contributed by atoms with Gasteiger partial charge in [-0.25, -0.2) is 4.99 Å². The lowest BCUT2D eigenvalue weighted by molar-refractivity contribution is 0.0803. The predicted molar refractivity (Wildman–Crippen MR) is 130 cm³/mol. The molecule has 1 fully saturated rings. The lowest BCUT2D eigenvalue weighted by Gasteiger charge is -2.24. The van der Waals surface area contributed by atoms with Gasteiger partial charge in [0.25, 0.3) is 5.56 Å². The molecule has 0 aliphatic carbocycles. The fourth-order valence-electron chi connectivity index (χ4n) is 3.64. The number of pyridine rings is 1. The van der Waals surface area contributed by atoms with Crippen molar-refractivity contribution in [3.05, 3.63) is 92.6 Å². The predicted octanol–water partition coefficient (Wildman–Crippen LogP) is 4.34. The van der Waals surface area contributed by atoms with Gasteiger partial charge in [-0.15, -0.1) is 0 Å². The molecule has 32 heavy (non-hydrogen) atoms. The maximum absolute atomic E-state index is 12.9. The normalized spacial score (nSPS) is 16.3. The second kappa shape index (κ2) is 11.5. The van der Waals surface area contributed by atoms with Crippen molar-refractivity contribution in [2.75, 3.05) is 19.8 Å². The Morgan fingerprint density at radius 2 is 2.00 bits per heavy atom. The fraction of sp³-hybridized carbons (Fsp3) is 0.333. The molecule has 1 aliphatic heterocycles. The van der Waals surface area contributed by atoms with Crippen LogP contribution >= 0.6 is 23.2 Å². The maximum Gasteiger partial charge on any atom is 0.251 e. The molecule has 1 aliphatic rings. The molecule has 3 rings (SSSR count). The summed E-state index contributed by atoms with van der Waals surface area (Å²) >= 11 is 12.2. The highest BCUT2D eigenvalue weighted by molar-refractivity contribution is 6.34. The van der Waals surface area contributed by atoms with Gasteiger partial charge in [-0.1, -0.05) is 35.9 Å². The van der Waals surface area contributed by atoms with E-state index in [1.807, 2.05) is 19.1 Å². The van der Waals surface area contributed by atoms with Gasteiger partial charge in [0.05, 0.1) is 18.4 Å². The number of hydrogen-bond acceptors (Lipinski definition) is 5. The van der Waals surface area contributed by atoms with Gasteiger partial charge in [-0.05, 0) is 55.7 Å². The van der Waals surface area contributed by atoms with E-state index in [2.05, 4.69) is 16.9 Å². The van der Waals surface area contributed by atoms with Crippen molar-refractivity contribution >= 4 is 28.9 Å². The second-order valence-electron chi connectivity index (χ2n) is 7.54. The Labute approximate surface area is 197 Å². The van der Waals surface area contributed by atoms with Crippen LogP contribution in [0, 0.1) is 0 Å². The summed E-state index contributed by atoms with van der Waals surface area (Å²) in [6.07, 6.45) is 7.13. The van der Waals surface area contributed by atoms with E-state index in [0.717, 1.165) is 26.1 Å². The molecular weight excluding hydrogens is 449 g/mol. The molecule has 8 heteroatoms. The van der Waals surface area contributed by atoms with E-state index in [9.17, 15) is 9.90 Å². The molecule has 1 aromatic carbocycles. The molecule has 0 bridgehead atoms. The first-order chi connectivity index (χ1) is 15.4. The minimum absolute atomic E-state index is 0.273. The molecule has 1 atom stereocenters. The van der Waals surface area contributed by atoms with Crippen LogP contribution in [-0.2, 0) is 4.74 Å². The number of aliphatic hydroxyl groups is 1. The Morgan fingerprint density at radius 1 is 1.31 bits per heavy atom. The summed E-state index contributed by atoms with van der Waals surface area (Å²) in [5.74, 6) is 0.538. The van der Waals surface area contributed by atoms with Crippen molar-refractivity contribution in [3.8, 4) is 0 Å². The lowest BCUT2D eigenvalue weighted by atomic mass is 10.1. The Balaban J connectivity index is 1.87. The number of rotatable bonds is 8. The topological polar surface area (TPSA) is 75.8 Å². The van der Waals surface area contributed by atoms with Crippen molar-refractivity contribution in [3.63, 3.8) is 0 Å². The summed E-state index contributed by atoms with van der Waals surface area (Å²) in [6, 6.07) is 7.93. The molecule has 1 unspecified atom stereocenters. The van der Waals surface area contributed by atoms with Crippen molar-refractivity contribution in [2.24, 2.45) is 4.99 Å². The summed E-state index contributed by atoms with van der Waals surface area (Å²) in [5.41, 5.74) is 1.64. The first-order valence-electron chi connectivity index (χ1n) is 10.4. The van der Waals surface area contributed by atoms with Crippen molar-refractivity contribution in [1.29, 1.82) is 0 Å². The highest BCUT2D eigenvalue weighted by Crippen LogP contribution is 2.25. The number of nitrogens with zero attached hydrogens (tertiary/aromatic N) is 2. The average Bonchev–Trinajstić information content (AvgIpc) is 2.75. The van der Waals surface area contributed by atoms with Crippen LogP contribution < -0.4 is 10.9 Å². The molecule has 170 valence electrons. The van der Waals surface area contributed by atoms with Gasteiger partial charge in [-0.3, -0.25) is 4.79 Å². The third-order valence-corrected chi connectivity index (χ3v) is 5.63. The third-order valence-electron chi connectivity index (χ3n) is 5.19. The summed E-state index contributed by atoms with van der Waals surface area (Å²) in [6.45, 7) is 7.07. The molecule has 2 heterocycles. The smallest absolute Gasteiger partial charge is 0.251 e. The van der Waals surface area contributed by atoms with Gasteiger partial charge in [-0.2, -0.15) is 0 Å². The van der Waals surface area contributed by atoms with Gasteiger partial charge in [0.1, 0.15) is 5.82 Å². The Hall–Kier alpha value is -2.38. The molecule has 0 saturated carbocycles. The monoisotopic (exact) mass is 475 g/mol. The van der Waals surface area contributed by atoms with Crippen LogP contribution in [0.5, 0.6) is 0 Å². The number of benzene rings is 1. The van der Waals surface area contributed by atoms with E-state index >= 15 is 0 Å². The number of aliphatic imine (C=N–C) groups is 1. The van der Waals surface area contributed by atoms with Crippen LogP contribution in [0.3, 0.4) is 0 Å². The molecule has 2 aromatic rings. The van der Waals surface area contributed by atoms with Gasteiger partial charge >= 0.3 is 0 Å². The summed E-state index contributed by atoms with van der Waals surface area (Å²) in [4.78, 5) is 17.5. The van der Waals surface area contributed by atoms with E-state index in [1.54, 1.807) is 30.5 Å². The number of ether oxygens (including phenoxy) is 1. The first kappa shape index (κ1) is 24.3. The van der Waals surface area contributed by atoms with Crippen LogP contribution in [0.25, 0.3) is 0 Å². The van der Waals surface area contributed by atoms with E-state index in [0.29, 0.717) is 32.7 Å². The van der Waals surface area contributed by atoms with Crippen LogP contribution in [0.2, 0.25) is 10.0 Å². The zero-order valence-electron chi connectivity index (χ0n) is 17.9. The molecule has 1 saturated heterocycles. The minimum atomic E-state index is -0.611. The zero-order valence-corrected chi connectivity index (χ0v) is 19.4. The van der Waals surface area contributed by atoms with Gasteiger partial charge in [0.2, 0.25) is 0 Å². The largest absolute Gasteiger partial charge is 0.394 e. The average molecular weight is 476 g/mol. The molecule has 0 radical (unpaired) electrons. The molecule has 0 amide bonds. The Kier molecular flexibility index (Phi) is 8.70. The van der Waals surface area contributed by atoms with Crippen molar-refractivity contribution < 1.29 is 9.84 Å². The minimum Gasteiger partial charge on any atom is -0.394 e. The quantitative estimate of drug-likeness (QED) is 0.556. The van der Waals surface area contributed by atoms with Gasteiger partial charge < -0.3 is 19.7 Å². The highest BCUT2D eigenvalue weighted by atomic mass is 35.5. The van der Waals surface area contributed by atoms with E-state index in [-0.39, 0.29) is 18.2 Å². The van der Waals surface area contributed by atoms with Crippen LogP contribution in [0.15, 0.2) is 70.9 Å². The van der Waals surface area contributed by atoms with E-state index in [4.69, 9.17) is 27.9 Å². The maximum atomic E-state index is 12.9. The van der Waals surface area contributed by atoms with Crippen LogP contribution in [0.4, 0.5) is 0 Å². The molecule has 0 spiro atoms. The molecule has 2 N–H and O–H groups in total. The van der Waals surface area contributed by atoms with Gasteiger partial charge in [0.15, 0.2) is 0 Å². The van der Waals surface area contributed by atoms with E-state index < -0.39 is 6.04 Å². The standard InChI is InChI=1S/C24H27Cl2N3O3/c1-3-4-22(28-16(2)27-21-6-9-32-10-7-21)17-5-8-29(24(31)13-17)23(15-30)18-11-19(25)14-20(26)12-18/h3-5,8,11-14,21,23,27,30H,2,6-7,9-10,15H2,1H3/b4-3-,28-22?. The van der Waals surface area contributed by atoms with Gasteiger partial charge in [0, 0.05) is 47.1 Å². The number of nitrogens with one attached hydrogen (secondary N) is 1.